The second-order valence-electron chi connectivity index (χ2n) is 5.71. The minimum absolute atomic E-state index is 0.0850. The molecule has 2 heterocycles. The molecule has 1 atom stereocenters. The van der Waals surface area contributed by atoms with Crippen molar-refractivity contribution in [2.45, 2.75) is 25.4 Å². The van der Waals surface area contributed by atoms with Crippen molar-refractivity contribution < 1.29 is 35.2 Å². The average molecular weight is 388 g/mol. The Morgan fingerprint density at radius 1 is 1.22 bits per heavy atom. The Morgan fingerprint density at radius 3 is 2.26 bits per heavy atom. The zero-order valence-corrected chi connectivity index (χ0v) is 14.6. The summed E-state index contributed by atoms with van der Waals surface area (Å²) in [6.45, 7) is -1.68. The van der Waals surface area contributed by atoms with Gasteiger partial charge in [-0.05, 0) is 6.92 Å². The molecular formula is C15H20N4O8. The number of carboxylic acids is 2. The van der Waals surface area contributed by atoms with Crippen LogP contribution >= 0.6 is 0 Å². The highest BCUT2D eigenvalue weighted by Crippen LogP contribution is 2.16. The fourth-order valence-electron chi connectivity index (χ4n) is 2.13. The summed E-state index contributed by atoms with van der Waals surface area (Å²) in [4.78, 5) is 58.5. The molecule has 2 rings (SSSR count). The molecule has 0 radical (unpaired) electrons. The van der Waals surface area contributed by atoms with Crippen molar-refractivity contribution in [3.05, 3.63) is 27.1 Å². The molecule has 0 saturated carbocycles. The summed E-state index contributed by atoms with van der Waals surface area (Å²) in [5.41, 5.74) is -4.53. The number of fused-ring (bicyclic) bond motifs is 1. The molecule has 0 amide bonds. The minimum Gasteiger partial charge on any atom is -0.481 e. The first-order valence-electron chi connectivity index (χ1n) is 9.26. The molecule has 12 nitrogen and oxygen atoms in total. The van der Waals surface area contributed by atoms with E-state index in [-0.39, 0.29) is 17.5 Å². The van der Waals surface area contributed by atoms with Gasteiger partial charge in [0.05, 0.1) is 12.7 Å². The molecule has 0 saturated heterocycles. The quantitative estimate of drug-likeness (QED) is 0.535. The molecule has 0 spiro atoms. The molecule has 3 N–H and O–H groups in total. The monoisotopic (exact) mass is 388 g/mol. The molecular weight excluding hydrogens is 364 g/mol. The van der Waals surface area contributed by atoms with Crippen molar-refractivity contribution in [1.29, 1.82) is 0 Å². The van der Waals surface area contributed by atoms with E-state index < -0.39 is 54.4 Å². The Kier molecular flexibility index (Phi) is 4.69. The van der Waals surface area contributed by atoms with Crippen LogP contribution in [0.3, 0.4) is 0 Å². The molecule has 27 heavy (non-hydrogen) atoms. The fourth-order valence-corrected chi connectivity index (χ4v) is 2.13. The number of rotatable bonds is 5. The highest BCUT2D eigenvalue weighted by atomic mass is 16.4. The highest BCUT2D eigenvalue weighted by Gasteiger charge is 2.39. The maximum Gasteiger partial charge on any atom is 0.336 e. The number of aliphatic hydroxyl groups is 1. The van der Waals surface area contributed by atoms with E-state index >= 15 is 0 Å². The Labute approximate surface area is 157 Å². The van der Waals surface area contributed by atoms with Crippen molar-refractivity contribution >= 4 is 28.9 Å². The molecule has 2 aromatic heterocycles. The lowest BCUT2D eigenvalue weighted by Gasteiger charge is -2.19. The smallest absolute Gasteiger partial charge is 0.336 e. The Hall–Kier alpha value is -3.28. The van der Waals surface area contributed by atoms with Gasteiger partial charge in [0.25, 0.3) is 5.56 Å². The van der Waals surface area contributed by atoms with Crippen LogP contribution in [-0.4, -0.2) is 57.3 Å². The number of hydrogen-bond acceptors (Lipinski definition) is 7. The summed E-state index contributed by atoms with van der Waals surface area (Å²) in [6, 6.07) is 0. The van der Waals surface area contributed by atoms with Crippen LogP contribution in [0.15, 0.2) is 15.9 Å². The molecule has 0 aliphatic carbocycles. The van der Waals surface area contributed by atoms with E-state index in [0.29, 0.717) is 9.13 Å². The van der Waals surface area contributed by atoms with Gasteiger partial charge >= 0.3 is 17.6 Å². The Morgan fingerprint density at radius 2 is 1.81 bits per heavy atom. The van der Waals surface area contributed by atoms with Crippen LogP contribution in [0.5, 0.6) is 0 Å². The topological polar surface area (TPSA) is 174 Å². The predicted octanol–water partition coefficient (Wildman–Crippen LogP) is -1.77. The van der Waals surface area contributed by atoms with Crippen LogP contribution in [0, 0.1) is 0 Å². The van der Waals surface area contributed by atoms with E-state index in [4.69, 9.17) is 15.7 Å². The van der Waals surface area contributed by atoms with Crippen molar-refractivity contribution in [1.82, 2.24) is 18.7 Å². The van der Waals surface area contributed by atoms with Gasteiger partial charge in [0.15, 0.2) is 16.8 Å². The standard InChI is InChI=1S/C8H10N4O2.C7H10O6/c1-10-4-9-6-5(10)7(13)12(3)8(14)11(6)2;1-4(8)2-7(13,6(11)12)3-5(9)10/h4H,1-3H3;13H,2-3H2,1H3,(H,9,10)(H,11,12)/i2D3,4D;. The van der Waals surface area contributed by atoms with Crippen LogP contribution in [0.25, 0.3) is 11.2 Å². The second kappa shape index (κ2) is 7.95. The molecule has 1 unspecified atom stereocenters. The van der Waals surface area contributed by atoms with E-state index in [2.05, 4.69) is 4.98 Å². The second-order valence-corrected chi connectivity index (χ2v) is 5.71. The van der Waals surface area contributed by atoms with Gasteiger partial charge in [-0.25, -0.2) is 14.6 Å². The van der Waals surface area contributed by atoms with Crippen molar-refractivity contribution in [2.24, 2.45) is 21.1 Å². The average Bonchev–Trinajstić information content (AvgIpc) is 2.85. The van der Waals surface area contributed by atoms with Crippen LogP contribution in [-0.2, 0) is 35.5 Å². The third-order valence-corrected chi connectivity index (χ3v) is 3.43. The lowest BCUT2D eigenvalue weighted by Crippen LogP contribution is -2.42. The number of hydrogen-bond donors (Lipinski definition) is 3. The Bertz CT molecular complexity index is 1140. The molecule has 148 valence electrons. The summed E-state index contributed by atoms with van der Waals surface area (Å²) in [6.07, 6.45) is -1.97. The molecule has 0 fully saturated rings. The number of carbonyl (C=O) groups is 3. The SMILES string of the molecule is CC(=O)CC(O)(CC(=O)O)C(=O)O.[2H]c1nc2c(c(=O)n(C)c(=O)n2C([2H])([2H])[2H])n1C. The molecule has 0 bridgehead atoms. The number of carboxylic acid groups (broad SMARTS) is 2. The lowest BCUT2D eigenvalue weighted by molar-refractivity contribution is -0.167. The van der Waals surface area contributed by atoms with E-state index in [1.54, 1.807) is 0 Å². The number of carbonyl (C=O) groups excluding carboxylic acids is 1. The zero-order valence-electron chi connectivity index (χ0n) is 18.6. The van der Waals surface area contributed by atoms with Crippen molar-refractivity contribution in [2.75, 3.05) is 0 Å². The van der Waals surface area contributed by atoms with Gasteiger partial charge in [0.1, 0.15) is 7.15 Å². The molecule has 0 aliphatic rings. The van der Waals surface area contributed by atoms with E-state index in [9.17, 15) is 29.1 Å². The van der Waals surface area contributed by atoms with E-state index in [0.717, 1.165) is 11.5 Å². The van der Waals surface area contributed by atoms with Crippen molar-refractivity contribution in [3.8, 4) is 0 Å². The lowest BCUT2D eigenvalue weighted by atomic mass is 9.94. The highest BCUT2D eigenvalue weighted by molar-refractivity contribution is 5.90. The van der Waals surface area contributed by atoms with Crippen LogP contribution in [0.2, 0.25) is 0 Å². The number of aryl methyl sites for hydroxylation is 2. The number of aliphatic carboxylic acids is 2. The fraction of sp³-hybridized carbons (Fsp3) is 0.467. The first-order chi connectivity index (χ1) is 13.9. The van der Waals surface area contributed by atoms with Gasteiger partial charge in [-0.3, -0.25) is 23.5 Å². The summed E-state index contributed by atoms with van der Waals surface area (Å²) in [7, 11) is 2.59. The summed E-state index contributed by atoms with van der Waals surface area (Å²) in [5.74, 6) is -3.75. The van der Waals surface area contributed by atoms with E-state index in [1.165, 1.54) is 14.1 Å². The largest absolute Gasteiger partial charge is 0.481 e. The number of Topliss-reactive ketones (excluding diaryl/α,β-unsaturated/α-hetero) is 1. The van der Waals surface area contributed by atoms with Crippen molar-refractivity contribution in [3.63, 3.8) is 0 Å². The summed E-state index contributed by atoms with van der Waals surface area (Å²) < 4.78 is 31.7. The third kappa shape index (κ3) is 4.67. The van der Waals surface area contributed by atoms with Gasteiger partial charge in [0.2, 0.25) is 0 Å². The first-order valence-corrected chi connectivity index (χ1v) is 7.26. The summed E-state index contributed by atoms with van der Waals surface area (Å²) >= 11 is 0. The van der Waals surface area contributed by atoms with Crippen LogP contribution in [0.1, 0.15) is 25.2 Å². The number of nitrogens with zero attached hydrogens (tertiary/aromatic N) is 4. The Balaban J connectivity index is 0.000000330. The minimum atomic E-state index is -2.76. The normalized spacial score (nSPS) is 15.4. The maximum atomic E-state index is 11.9. The van der Waals surface area contributed by atoms with E-state index in [1.807, 2.05) is 0 Å². The molecule has 2 aromatic rings. The maximum absolute atomic E-state index is 11.9. The van der Waals surface area contributed by atoms with Gasteiger partial charge in [0, 0.05) is 31.6 Å². The molecule has 0 aliphatic heterocycles. The number of ketones is 1. The zero-order chi connectivity index (χ0) is 24.5. The molecule has 0 aromatic carbocycles. The van der Waals surface area contributed by atoms with Crippen LogP contribution < -0.4 is 11.2 Å². The summed E-state index contributed by atoms with van der Waals surface area (Å²) in [5, 5.41) is 26.0. The predicted molar refractivity (Wildman–Crippen MR) is 91.3 cm³/mol. The third-order valence-electron chi connectivity index (χ3n) is 3.43. The van der Waals surface area contributed by atoms with Gasteiger partial charge in [-0.15, -0.1) is 0 Å². The molecule has 12 heteroatoms. The number of aromatic nitrogens is 4. The first kappa shape index (κ1) is 15.9. The van der Waals surface area contributed by atoms with Gasteiger partial charge < -0.3 is 19.9 Å². The van der Waals surface area contributed by atoms with Gasteiger partial charge in [-0.2, -0.15) is 0 Å². The van der Waals surface area contributed by atoms with Gasteiger partial charge in [-0.1, -0.05) is 0 Å². The number of imidazole rings is 1. The van der Waals surface area contributed by atoms with Crippen LogP contribution in [0.4, 0.5) is 0 Å².